The van der Waals surface area contributed by atoms with Crippen LogP contribution in [0, 0.1) is 0 Å². The molecule has 1 saturated heterocycles. The van der Waals surface area contributed by atoms with Crippen LogP contribution in [-0.4, -0.2) is 82.9 Å². The van der Waals surface area contributed by atoms with Gasteiger partial charge in [0.15, 0.2) is 0 Å². The molecule has 2 aromatic carbocycles. The number of hydrogen-bond donors (Lipinski definition) is 3. The SMILES string of the molecule is OCC(O)(O)OCCN1CCN(C2=Nc3ccccc3Sc3ccccc32)CC1. The van der Waals surface area contributed by atoms with Crippen molar-refractivity contribution in [2.75, 3.05) is 45.9 Å². The third kappa shape index (κ3) is 4.80. The number of aliphatic hydroxyl groups excluding tert-OH is 1. The number of para-hydroxylation sites is 1. The highest BCUT2D eigenvalue weighted by Gasteiger charge is 2.26. The number of benzene rings is 2. The van der Waals surface area contributed by atoms with E-state index in [1.54, 1.807) is 11.8 Å². The predicted octanol–water partition coefficient (Wildman–Crippen LogP) is 1.49. The van der Waals surface area contributed by atoms with Crippen LogP contribution in [0.25, 0.3) is 0 Å². The van der Waals surface area contributed by atoms with Gasteiger partial charge in [0.2, 0.25) is 0 Å². The molecule has 7 nitrogen and oxygen atoms in total. The number of aliphatic imine (C=N–C) groups is 1. The van der Waals surface area contributed by atoms with Gasteiger partial charge in [0.1, 0.15) is 12.4 Å². The van der Waals surface area contributed by atoms with Gasteiger partial charge >= 0.3 is 5.97 Å². The highest BCUT2D eigenvalue weighted by molar-refractivity contribution is 7.99. The van der Waals surface area contributed by atoms with Crippen molar-refractivity contribution in [1.29, 1.82) is 0 Å². The van der Waals surface area contributed by atoms with Gasteiger partial charge < -0.3 is 25.0 Å². The topological polar surface area (TPSA) is 88.8 Å². The molecule has 154 valence electrons. The quantitative estimate of drug-likeness (QED) is 0.638. The van der Waals surface area contributed by atoms with Crippen LogP contribution in [0.3, 0.4) is 0 Å². The fraction of sp³-hybridized carbons (Fsp3) is 0.381. The summed E-state index contributed by atoms with van der Waals surface area (Å²) in [5.41, 5.74) is 2.14. The summed E-state index contributed by atoms with van der Waals surface area (Å²) in [4.78, 5) is 11.9. The van der Waals surface area contributed by atoms with Gasteiger partial charge in [0.05, 0.1) is 12.3 Å². The minimum Gasteiger partial charge on any atom is -0.388 e. The molecule has 0 atom stereocenters. The van der Waals surface area contributed by atoms with Crippen molar-refractivity contribution in [3.8, 4) is 0 Å². The lowest BCUT2D eigenvalue weighted by Crippen LogP contribution is -2.50. The molecule has 2 aliphatic rings. The Morgan fingerprint density at radius 2 is 1.66 bits per heavy atom. The maximum atomic E-state index is 9.30. The molecule has 4 rings (SSSR count). The zero-order chi connectivity index (χ0) is 20.3. The number of piperazine rings is 1. The number of rotatable bonds is 5. The molecule has 29 heavy (non-hydrogen) atoms. The van der Waals surface area contributed by atoms with E-state index in [1.165, 1.54) is 4.90 Å². The van der Waals surface area contributed by atoms with E-state index in [4.69, 9.17) is 14.8 Å². The Kier molecular flexibility index (Phi) is 6.19. The second-order valence-corrected chi connectivity index (χ2v) is 8.16. The van der Waals surface area contributed by atoms with E-state index in [0.29, 0.717) is 6.54 Å². The lowest BCUT2D eigenvalue weighted by Gasteiger charge is -2.37. The Hall–Kier alpha value is -1.94. The molecular weight excluding hydrogens is 390 g/mol. The molecule has 0 unspecified atom stereocenters. The first-order valence-electron chi connectivity index (χ1n) is 9.67. The molecule has 0 aliphatic carbocycles. The molecule has 1 fully saturated rings. The van der Waals surface area contributed by atoms with Gasteiger partial charge in [-0.1, -0.05) is 42.1 Å². The van der Waals surface area contributed by atoms with Crippen LogP contribution >= 0.6 is 11.8 Å². The van der Waals surface area contributed by atoms with Gasteiger partial charge in [0, 0.05) is 48.1 Å². The van der Waals surface area contributed by atoms with Gasteiger partial charge in [0.25, 0.3) is 0 Å². The molecule has 0 aromatic heterocycles. The minimum absolute atomic E-state index is 0.140. The number of hydrogen-bond acceptors (Lipinski definition) is 8. The second-order valence-electron chi connectivity index (χ2n) is 7.08. The van der Waals surface area contributed by atoms with E-state index in [9.17, 15) is 10.2 Å². The maximum absolute atomic E-state index is 9.30. The molecule has 0 bridgehead atoms. The predicted molar refractivity (Wildman–Crippen MR) is 111 cm³/mol. The highest BCUT2D eigenvalue weighted by Crippen LogP contribution is 2.40. The van der Waals surface area contributed by atoms with E-state index in [1.807, 2.05) is 12.1 Å². The van der Waals surface area contributed by atoms with Crippen LogP contribution in [-0.2, 0) is 4.74 Å². The van der Waals surface area contributed by atoms with E-state index < -0.39 is 12.6 Å². The number of aliphatic hydroxyl groups is 3. The summed E-state index contributed by atoms with van der Waals surface area (Å²) < 4.78 is 4.91. The van der Waals surface area contributed by atoms with Gasteiger partial charge in [-0.3, -0.25) is 4.90 Å². The average molecular weight is 416 g/mol. The molecule has 2 heterocycles. The molecule has 0 amide bonds. The number of nitrogens with zero attached hydrogens (tertiary/aromatic N) is 3. The molecule has 3 N–H and O–H groups in total. The lowest BCUT2D eigenvalue weighted by atomic mass is 10.1. The van der Waals surface area contributed by atoms with Crippen molar-refractivity contribution in [2.45, 2.75) is 15.8 Å². The Bertz CT molecular complexity index is 882. The Labute approximate surface area is 174 Å². The molecule has 0 spiro atoms. The molecule has 8 heteroatoms. The fourth-order valence-electron chi connectivity index (χ4n) is 3.48. The van der Waals surface area contributed by atoms with Crippen molar-refractivity contribution >= 4 is 23.3 Å². The van der Waals surface area contributed by atoms with Crippen molar-refractivity contribution in [2.24, 2.45) is 4.99 Å². The van der Waals surface area contributed by atoms with Gasteiger partial charge in [-0.25, -0.2) is 4.99 Å². The normalized spacial score (nSPS) is 17.3. The third-order valence-corrected chi connectivity index (χ3v) is 6.20. The number of amidine groups is 1. The molecular formula is C21H25N3O4S. The zero-order valence-electron chi connectivity index (χ0n) is 16.1. The fourth-order valence-corrected chi connectivity index (χ4v) is 4.49. The van der Waals surface area contributed by atoms with Gasteiger partial charge in [-0.15, -0.1) is 0 Å². The molecule has 2 aliphatic heterocycles. The maximum Gasteiger partial charge on any atom is 0.302 e. The van der Waals surface area contributed by atoms with E-state index in [0.717, 1.165) is 48.2 Å². The second kappa shape index (κ2) is 8.83. The first kappa shape index (κ1) is 20.3. The standard InChI is InChI=1S/C21H25N3O4S/c25-15-21(26,27)28-14-13-23-9-11-24(12-10-23)20-16-5-1-3-7-18(16)29-19-8-4-2-6-17(19)22-20/h1-8,25-27H,9-15H2. The summed E-state index contributed by atoms with van der Waals surface area (Å²) in [7, 11) is 0. The molecule has 0 saturated carbocycles. The van der Waals surface area contributed by atoms with Crippen LogP contribution < -0.4 is 0 Å². The van der Waals surface area contributed by atoms with Gasteiger partial charge in [-0.05, 0) is 18.2 Å². The summed E-state index contributed by atoms with van der Waals surface area (Å²) >= 11 is 1.75. The van der Waals surface area contributed by atoms with Crippen molar-refractivity contribution < 1.29 is 20.1 Å². The van der Waals surface area contributed by atoms with Gasteiger partial charge in [-0.2, -0.15) is 0 Å². The monoisotopic (exact) mass is 415 g/mol. The summed E-state index contributed by atoms with van der Waals surface area (Å²) in [5, 5.41) is 27.4. The first-order chi connectivity index (χ1) is 14.1. The first-order valence-corrected chi connectivity index (χ1v) is 10.5. The summed E-state index contributed by atoms with van der Waals surface area (Å²) in [6.45, 7) is 3.15. The number of ether oxygens (including phenoxy) is 1. The van der Waals surface area contributed by atoms with Crippen LogP contribution in [0.1, 0.15) is 5.56 Å². The number of fused-ring (bicyclic) bond motifs is 2. The van der Waals surface area contributed by atoms with E-state index >= 15 is 0 Å². The van der Waals surface area contributed by atoms with Crippen LogP contribution in [0.2, 0.25) is 0 Å². The van der Waals surface area contributed by atoms with Crippen LogP contribution in [0.5, 0.6) is 0 Å². The van der Waals surface area contributed by atoms with E-state index in [2.05, 4.69) is 46.2 Å². The zero-order valence-corrected chi connectivity index (χ0v) is 16.9. The Morgan fingerprint density at radius 3 is 2.41 bits per heavy atom. The Balaban J connectivity index is 1.46. The van der Waals surface area contributed by atoms with Crippen LogP contribution in [0.15, 0.2) is 63.3 Å². The average Bonchev–Trinajstić information content (AvgIpc) is 2.91. The molecule has 2 aromatic rings. The summed E-state index contributed by atoms with van der Waals surface area (Å²) in [5.74, 6) is -1.47. The minimum atomic E-state index is -2.47. The summed E-state index contributed by atoms with van der Waals surface area (Å²) in [6, 6.07) is 16.6. The third-order valence-electron chi connectivity index (χ3n) is 5.06. The largest absolute Gasteiger partial charge is 0.388 e. The Morgan fingerprint density at radius 1 is 0.966 bits per heavy atom. The molecule has 0 radical (unpaired) electrons. The smallest absolute Gasteiger partial charge is 0.302 e. The van der Waals surface area contributed by atoms with Crippen molar-refractivity contribution in [3.05, 3.63) is 54.1 Å². The summed E-state index contributed by atoms with van der Waals surface area (Å²) in [6.07, 6.45) is 0. The van der Waals surface area contributed by atoms with E-state index in [-0.39, 0.29) is 6.61 Å². The van der Waals surface area contributed by atoms with Crippen molar-refractivity contribution in [1.82, 2.24) is 9.80 Å². The highest BCUT2D eigenvalue weighted by atomic mass is 32.2. The van der Waals surface area contributed by atoms with Crippen molar-refractivity contribution in [3.63, 3.8) is 0 Å². The lowest BCUT2D eigenvalue weighted by molar-refractivity contribution is -0.351. The van der Waals surface area contributed by atoms with Crippen LogP contribution in [0.4, 0.5) is 5.69 Å².